The molecular formula is C93H93N4P4Y-. The number of nitrogens with one attached hydrogen (secondary N) is 1. The Hall–Kier alpha value is -9.16. The van der Waals surface area contributed by atoms with Gasteiger partial charge in [0.1, 0.15) is 21.2 Å². The number of hydrogen-bond donors (Lipinski definition) is 1. The van der Waals surface area contributed by atoms with Crippen LogP contribution in [0.1, 0.15) is 32.4 Å². The van der Waals surface area contributed by atoms with Gasteiger partial charge in [0.2, 0.25) is 0 Å². The Labute approximate surface area is 639 Å². The fourth-order valence-corrected chi connectivity index (χ4v) is 22.0. The summed E-state index contributed by atoms with van der Waals surface area (Å²) in [5.41, 5.74) is 8.92. The van der Waals surface area contributed by atoms with Crippen molar-refractivity contribution in [1.82, 2.24) is 0 Å². The average molecular weight is 1480 g/mol. The molecule has 0 unspecified atom stereocenters. The molecule has 0 aliphatic heterocycles. The molecule has 0 amide bonds. The van der Waals surface area contributed by atoms with Crippen LogP contribution >= 0.6 is 31.7 Å². The van der Waals surface area contributed by atoms with Gasteiger partial charge >= 0.3 is 0 Å². The smallest absolute Gasteiger partial charge is 0.102 e. The van der Waals surface area contributed by atoms with Crippen molar-refractivity contribution < 1.29 is 32.7 Å². The third kappa shape index (κ3) is 21.5. The molecule has 4 nitrogen and oxygen atoms in total. The molecular weight excluding hydrogens is 1390 g/mol. The first-order valence-corrected chi connectivity index (χ1v) is 39.7. The molecule has 509 valence electrons. The topological polar surface area (TPSA) is 32.6 Å². The van der Waals surface area contributed by atoms with Crippen LogP contribution < -0.4 is 78.8 Å². The van der Waals surface area contributed by atoms with Crippen molar-refractivity contribution in [3.05, 3.63) is 419 Å². The number of benzene rings is 14. The minimum absolute atomic E-state index is 0. The van der Waals surface area contributed by atoms with E-state index in [9.17, 15) is 0 Å². The van der Waals surface area contributed by atoms with E-state index in [-0.39, 0.29) is 40.1 Å². The van der Waals surface area contributed by atoms with Gasteiger partial charge in [-0.1, -0.05) is 335 Å². The third-order valence-electron chi connectivity index (χ3n) is 16.4. The van der Waals surface area contributed by atoms with Crippen LogP contribution in [0.25, 0.3) is 5.32 Å². The Bertz CT molecular complexity index is 3970. The second kappa shape index (κ2) is 41.7. The molecule has 0 spiro atoms. The molecule has 0 saturated heterocycles. The van der Waals surface area contributed by atoms with E-state index in [1.807, 2.05) is 78.4 Å². The molecule has 0 heterocycles. The van der Waals surface area contributed by atoms with E-state index in [1.54, 1.807) is 0 Å². The monoisotopic (exact) mass is 1480 g/mol. The molecule has 9 heteroatoms. The van der Waals surface area contributed by atoms with Gasteiger partial charge in [0, 0.05) is 54.7 Å². The fraction of sp³-hybridized carbons (Fsp3) is 0.0753. The van der Waals surface area contributed by atoms with Gasteiger partial charge < -0.3 is 20.4 Å². The summed E-state index contributed by atoms with van der Waals surface area (Å²) in [6, 6.07) is 138. The van der Waals surface area contributed by atoms with Crippen molar-refractivity contribution in [2.45, 2.75) is 21.3 Å². The molecule has 0 aromatic heterocycles. The predicted octanol–water partition coefficient (Wildman–Crippen LogP) is 19.5. The van der Waals surface area contributed by atoms with E-state index in [1.165, 1.54) is 75.0 Å². The predicted molar refractivity (Wildman–Crippen MR) is 458 cm³/mol. The van der Waals surface area contributed by atoms with E-state index in [2.05, 4.69) is 381 Å². The maximum absolute atomic E-state index is 5.44. The zero-order valence-electron chi connectivity index (χ0n) is 58.7. The van der Waals surface area contributed by atoms with Gasteiger partial charge in [0.15, 0.2) is 0 Å². The van der Waals surface area contributed by atoms with E-state index < -0.39 is 31.7 Å². The Balaban J connectivity index is 0.000000197. The van der Waals surface area contributed by atoms with E-state index in [0.29, 0.717) is 0 Å². The van der Waals surface area contributed by atoms with Crippen LogP contribution in [-0.4, -0.2) is 28.2 Å². The average Bonchev–Trinajstić information content (AvgIpc) is 0.792. The van der Waals surface area contributed by atoms with E-state index in [4.69, 9.17) is 5.32 Å². The summed E-state index contributed by atoms with van der Waals surface area (Å²) in [5.74, 6) is 0. The molecule has 0 bridgehead atoms. The van der Waals surface area contributed by atoms with Crippen LogP contribution in [0.5, 0.6) is 0 Å². The minimum atomic E-state index is -1.25. The fourth-order valence-electron chi connectivity index (χ4n) is 11.8. The second-order valence-corrected chi connectivity index (χ2v) is 32.8. The SMILES string of the molecule is C.CC.[CH2-]c1ccccc1N(C)C.[CH2-]c1ccccc1N(C)C.[Y].c1ccc(P(c2ccccc2)c2ccccc2Nc2ccccc2P(c2ccccc2)c2ccccc2)cc1.c1ccc([PH+](c2ccccc2)c2ccccc2[N-]c2ccccc2[PH+](c2ccccc2)c2ccccc2)cc1. The first-order chi connectivity index (χ1) is 49.2. The molecule has 14 aromatic rings. The molecule has 102 heavy (non-hydrogen) atoms. The summed E-state index contributed by atoms with van der Waals surface area (Å²) >= 11 is 0. The number of rotatable bonds is 18. The third-order valence-corrected chi connectivity index (χ3v) is 27.0. The Morgan fingerprint density at radius 2 is 0.510 bits per heavy atom. The van der Waals surface area contributed by atoms with Gasteiger partial charge in [0.25, 0.3) is 0 Å². The largest absolute Gasteiger partial charge is 0.651 e. The Kier molecular flexibility index (Phi) is 32.1. The summed E-state index contributed by atoms with van der Waals surface area (Å²) < 4.78 is 0. The summed E-state index contributed by atoms with van der Waals surface area (Å²) in [6.07, 6.45) is 0. The molecule has 0 saturated carbocycles. The maximum atomic E-state index is 5.44. The van der Waals surface area contributed by atoms with Gasteiger partial charge in [-0.3, -0.25) is 0 Å². The normalized spacial score (nSPS) is 10.3. The first kappa shape index (κ1) is 78.6. The number of hydrogen-bond acceptors (Lipinski definition) is 3. The Morgan fingerprint density at radius 1 is 0.284 bits per heavy atom. The van der Waals surface area contributed by atoms with Crippen molar-refractivity contribution >= 4 is 129 Å². The molecule has 0 aliphatic rings. The van der Waals surface area contributed by atoms with Crippen LogP contribution in [0.15, 0.2) is 388 Å². The molecule has 0 atom stereocenters. The van der Waals surface area contributed by atoms with Crippen LogP contribution in [0, 0.1) is 13.8 Å². The number of anilines is 4. The van der Waals surface area contributed by atoms with Crippen LogP contribution in [0.4, 0.5) is 34.1 Å². The van der Waals surface area contributed by atoms with Crippen molar-refractivity contribution in [2.24, 2.45) is 0 Å². The van der Waals surface area contributed by atoms with Crippen molar-refractivity contribution in [2.75, 3.05) is 43.3 Å². The summed E-state index contributed by atoms with van der Waals surface area (Å²) in [6.45, 7) is 11.8. The zero-order chi connectivity index (χ0) is 69.7. The standard InChI is InChI=1S/C36H29NP2.C36H28NP2.2C9H12N.C2H6.CH4.Y/c2*1-5-17-29(18-6-1)38(30-19-7-2-8-20-30)35-27-15-13-25-33(35)37-34-26-14-16-28-36(34)39(31-21-9-3-10-22-31)32-23-11-4-12-24-32;2*1-8-6-4-5-7-9(8)10(2)3;1-2;;/h1-28,37H;1-28H;2*4-7H,1H2,2-3H3;1-2H3;1H4;/q;3*-1;;;/p+2. The Morgan fingerprint density at radius 3 is 0.775 bits per heavy atom. The van der Waals surface area contributed by atoms with Crippen molar-refractivity contribution in [3.63, 3.8) is 0 Å². The zero-order valence-corrected chi connectivity index (χ0v) is 65.3. The molecule has 1 N–H and O–H groups in total. The molecule has 14 aromatic carbocycles. The van der Waals surface area contributed by atoms with Gasteiger partial charge in [-0.25, -0.2) is 0 Å². The van der Waals surface area contributed by atoms with Crippen LogP contribution in [0.2, 0.25) is 0 Å². The first-order valence-electron chi connectivity index (χ1n) is 34.0. The molecule has 0 aliphatic carbocycles. The van der Waals surface area contributed by atoms with Crippen molar-refractivity contribution in [1.29, 1.82) is 0 Å². The summed E-state index contributed by atoms with van der Waals surface area (Å²) in [4.78, 5) is 4.12. The number of nitrogens with zero attached hydrogens (tertiary/aromatic N) is 3. The molecule has 1 radical (unpaired) electrons. The van der Waals surface area contributed by atoms with Gasteiger partial charge in [0.05, 0.1) is 26.5 Å². The quantitative estimate of drug-likeness (QED) is 0.0686. The van der Waals surface area contributed by atoms with Gasteiger partial charge in [-0.15, -0.1) is 12.1 Å². The molecule has 14 rings (SSSR count). The number of para-hydroxylation sites is 6. The van der Waals surface area contributed by atoms with Gasteiger partial charge in [-0.2, -0.15) is 37.1 Å². The minimum Gasteiger partial charge on any atom is -0.651 e. The van der Waals surface area contributed by atoms with Crippen molar-refractivity contribution in [3.8, 4) is 0 Å². The van der Waals surface area contributed by atoms with E-state index in [0.717, 1.165) is 33.9 Å². The van der Waals surface area contributed by atoms with E-state index >= 15 is 0 Å². The second-order valence-electron chi connectivity index (χ2n) is 23.6. The van der Waals surface area contributed by atoms with Crippen LogP contribution in [-0.2, 0) is 32.7 Å². The summed E-state index contributed by atoms with van der Waals surface area (Å²) in [5, 5.41) is 25.4. The molecule has 0 fully saturated rings. The summed E-state index contributed by atoms with van der Waals surface area (Å²) in [7, 11) is 4.11. The van der Waals surface area contributed by atoms with Gasteiger partial charge in [-0.05, 0) is 138 Å². The van der Waals surface area contributed by atoms with Crippen LogP contribution in [0.3, 0.4) is 0 Å². The maximum Gasteiger partial charge on any atom is 0.102 e.